The van der Waals surface area contributed by atoms with Crippen molar-refractivity contribution in [1.82, 2.24) is 4.90 Å². The summed E-state index contributed by atoms with van der Waals surface area (Å²) >= 11 is 6.13. The molecule has 1 atom stereocenters. The van der Waals surface area contributed by atoms with Crippen molar-refractivity contribution in [3.63, 3.8) is 0 Å². The van der Waals surface area contributed by atoms with Crippen LogP contribution in [0.4, 0.5) is 5.69 Å². The number of fused-ring (bicyclic) bond motifs is 1. The Morgan fingerprint density at radius 3 is 2.37 bits per heavy atom. The molecule has 0 spiro atoms. The molecule has 0 fully saturated rings. The molecule has 4 aromatic carbocycles. The molecular formula is C32H29ClN2O6. The molecule has 4 aromatic rings. The van der Waals surface area contributed by atoms with E-state index in [1.165, 1.54) is 7.11 Å². The molecular weight excluding hydrogens is 544 g/mol. The summed E-state index contributed by atoms with van der Waals surface area (Å²) in [4.78, 5) is 29.8. The van der Waals surface area contributed by atoms with E-state index in [0.717, 1.165) is 11.1 Å². The highest BCUT2D eigenvalue weighted by atomic mass is 35.5. The van der Waals surface area contributed by atoms with Crippen LogP contribution in [0.3, 0.4) is 0 Å². The monoisotopic (exact) mass is 572 g/mol. The van der Waals surface area contributed by atoms with Crippen molar-refractivity contribution in [2.75, 3.05) is 26.3 Å². The van der Waals surface area contributed by atoms with Crippen molar-refractivity contribution in [2.24, 2.45) is 0 Å². The minimum Gasteiger partial charge on any atom is -0.497 e. The lowest BCUT2D eigenvalue weighted by molar-refractivity contribution is -0.139. The Kier molecular flexibility index (Phi) is 8.60. The molecule has 210 valence electrons. The van der Waals surface area contributed by atoms with Crippen molar-refractivity contribution in [1.29, 1.82) is 0 Å². The maximum Gasteiger partial charge on any atom is 0.251 e. The van der Waals surface area contributed by atoms with Gasteiger partial charge in [-0.25, -0.2) is 0 Å². The molecule has 1 aliphatic heterocycles. The zero-order chi connectivity index (χ0) is 28.8. The number of hydrogen-bond acceptors (Lipinski definition) is 6. The van der Waals surface area contributed by atoms with E-state index in [-0.39, 0.29) is 25.7 Å². The number of nitrogens with zero attached hydrogens (tertiary/aromatic N) is 1. The van der Waals surface area contributed by atoms with Gasteiger partial charge in [-0.1, -0.05) is 60.1 Å². The van der Waals surface area contributed by atoms with Crippen LogP contribution in [0.1, 0.15) is 22.7 Å². The third-order valence-electron chi connectivity index (χ3n) is 6.72. The molecule has 0 saturated heterocycles. The zero-order valence-electron chi connectivity index (χ0n) is 22.6. The van der Waals surface area contributed by atoms with Crippen LogP contribution in [0.2, 0.25) is 5.02 Å². The molecule has 0 aromatic heterocycles. The van der Waals surface area contributed by atoms with Gasteiger partial charge in [-0.05, 0) is 53.1 Å². The Hall–Kier alpha value is -4.69. The Morgan fingerprint density at radius 1 is 0.878 bits per heavy atom. The largest absolute Gasteiger partial charge is 0.497 e. The molecule has 41 heavy (non-hydrogen) atoms. The number of carbonyl (C=O) groups excluding carboxylic acids is 2. The summed E-state index contributed by atoms with van der Waals surface area (Å²) in [5.41, 5.74) is 2.65. The standard InChI is InChI=1S/C32H29ClN2O6/c1-38-25-13-14-26(28(18-25)39-2)34-32(37)31(23-10-15-27-29(17-23)41-20-40-27)35(19-22-8-11-24(33)12-9-22)30(36)16-21-6-4-3-5-7-21/h3-15,17-18,31H,16,19-20H2,1-2H3,(H,34,37). The van der Waals surface area contributed by atoms with E-state index in [2.05, 4.69) is 5.32 Å². The summed E-state index contributed by atoms with van der Waals surface area (Å²) in [7, 11) is 3.06. The summed E-state index contributed by atoms with van der Waals surface area (Å²) in [5, 5.41) is 3.54. The van der Waals surface area contributed by atoms with Gasteiger partial charge in [0.1, 0.15) is 17.5 Å². The maximum atomic E-state index is 14.2. The molecule has 1 unspecified atom stereocenters. The molecule has 0 saturated carbocycles. The second-order valence-electron chi connectivity index (χ2n) is 9.38. The molecule has 1 aliphatic rings. The van der Waals surface area contributed by atoms with Crippen LogP contribution in [0.15, 0.2) is 91.0 Å². The number of hydrogen-bond donors (Lipinski definition) is 1. The Labute approximate surface area is 243 Å². The number of amides is 2. The first-order chi connectivity index (χ1) is 19.9. The molecule has 1 N–H and O–H groups in total. The van der Waals surface area contributed by atoms with Crippen molar-refractivity contribution in [3.05, 3.63) is 113 Å². The molecule has 0 bridgehead atoms. The molecule has 2 amide bonds. The van der Waals surface area contributed by atoms with Crippen LogP contribution < -0.4 is 24.3 Å². The van der Waals surface area contributed by atoms with Crippen molar-refractivity contribution < 1.29 is 28.5 Å². The Balaban J connectivity index is 1.57. The summed E-state index contributed by atoms with van der Waals surface area (Å²) in [6.45, 7) is 0.245. The first-order valence-corrected chi connectivity index (χ1v) is 13.3. The number of nitrogens with one attached hydrogen (secondary N) is 1. The first-order valence-electron chi connectivity index (χ1n) is 13.0. The van der Waals surface area contributed by atoms with E-state index < -0.39 is 11.9 Å². The quantitative estimate of drug-likeness (QED) is 0.249. The lowest BCUT2D eigenvalue weighted by atomic mass is 10.0. The molecule has 9 heteroatoms. The van der Waals surface area contributed by atoms with Crippen LogP contribution in [-0.4, -0.2) is 37.7 Å². The summed E-state index contributed by atoms with van der Waals surface area (Å²) < 4.78 is 21.9. The molecule has 0 aliphatic carbocycles. The van der Waals surface area contributed by atoms with Crippen molar-refractivity contribution >= 4 is 29.1 Å². The number of ether oxygens (including phenoxy) is 4. The normalized spacial score (nSPS) is 12.4. The first kappa shape index (κ1) is 27.9. The fourth-order valence-corrected chi connectivity index (χ4v) is 4.77. The average Bonchev–Trinajstić information content (AvgIpc) is 3.47. The Bertz CT molecular complexity index is 1530. The Morgan fingerprint density at radius 2 is 1.63 bits per heavy atom. The van der Waals surface area contributed by atoms with Crippen molar-refractivity contribution in [2.45, 2.75) is 19.0 Å². The minimum absolute atomic E-state index is 0.0835. The fourth-order valence-electron chi connectivity index (χ4n) is 4.64. The molecule has 5 rings (SSSR count). The van der Waals surface area contributed by atoms with E-state index in [4.69, 9.17) is 30.5 Å². The predicted octanol–water partition coefficient (Wildman–Crippen LogP) is 6.04. The second kappa shape index (κ2) is 12.7. The SMILES string of the molecule is COc1ccc(NC(=O)C(c2ccc3c(c2)OCO3)N(Cc2ccc(Cl)cc2)C(=O)Cc2ccccc2)c(OC)c1. The predicted molar refractivity (Wildman–Crippen MR) is 156 cm³/mol. The number of rotatable bonds is 10. The number of methoxy groups -OCH3 is 2. The van der Waals surface area contributed by atoms with Gasteiger partial charge in [0.2, 0.25) is 12.7 Å². The third kappa shape index (κ3) is 6.56. The third-order valence-corrected chi connectivity index (χ3v) is 6.98. The van der Waals surface area contributed by atoms with Crippen LogP contribution >= 0.6 is 11.6 Å². The molecule has 0 radical (unpaired) electrons. The average molecular weight is 573 g/mol. The van der Waals surface area contributed by atoms with Crippen LogP contribution in [0, 0.1) is 0 Å². The highest BCUT2D eigenvalue weighted by Gasteiger charge is 2.33. The summed E-state index contributed by atoms with van der Waals surface area (Å²) in [6, 6.07) is 25.9. The number of anilines is 1. The lowest BCUT2D eigenvalue weighted by Crippen LogP contribution is -2.41. The van der Waals surface area contributed by atoms with Gasteiger partial charge < -0.3 is 29.2 Å². The van der Waals surface area contributed by atoms with Gasteiger partial charge in [0.15, 0.2) is 11.5 Å². The number of halogens is 1. The van der Waals surface area contributed by atoms with Crippen LogP contribution in [-0.2, 0) is 22.6 Å². The van der Waals surface area contributed by atoms with E-state index in [9.17, 15) is 9.59 Å². The number of benzene rings is 4. The van der Waals surface area contributed by atoms with Gasteiger partial charge >= 0.3 is 0 Å². The highest BCUT2D eigenvalue weighted by Crippen LogP contribution is 2.37. The van der Waals surface area contributed by atoms with E-state index in [1.54, 1.807) is 60.5 Å². The highest BCUT2D eigenvalue weighted by molar-refractivity contribution is 6.30. The topological polar surface area (TPSA) is 86.3 Å². The summed E-state index contributed by atoms with van der Waals surface area (Å²) in [5.74, 6) is 1.42. The maximum absolute atomic E-state index is 14.2. The van der Waals surface area contributed by atoms with E-state index in [1.807, 2.05) is 42.5 Å². The van der Waals surface area contributed by atoms with Gasteiger partial charge in [0, 0.05) is 17.6 Å². The van der Waals surface area contributed by atoms with Gasteiger partial charge in [-0.3, -0.25) is 9.59 Å². The second-order valence-corrected chi connectivity index (χ2v) is 9.82. The number of carbonyl (C=O) groups is 2. The van der Waals surface area contributed by atoms with Gasteiger partial charge in [-0.2, -0.15) is 0 Å². The molecule has 1 heterocycles. The molecule has 8 nitrogen and oxygen atoms in total. The van der Waals surface area contributed by atoms with Gasteiger partial charge in [0.05, 0.1) is 26.3 Å². The van der Waals surface area contributed by atoms with Crippen LogP contribution in [0.5, 0.6) is 23.0 Å². The fraction of sp³-hybridized carbons (Fsp3) is 0.188. The lowest BCUT2D eigenvalue weighted by Gasteiger charge is -2.32. The minimum atomic E-state index is -1.02. The van der Waals surface area contributed by atoms with Gasteiger partial charge in [-0.15, -0.1) is 0 Å². The van der Waals surface area contributed by atoms with Gasteiger partial charge in [0.25, 0.3) is 5.91 Å². The van der Waals surface area contributed by atoms with E-state index in [0.29, 0.717) is 39.3 Å². The van der Waals surface area contributed by atoms with Crippen molar-refractivity contribution in [3.8, 4) is 23.0 Å². The summed E-state index contributed by atoms with van der Waals surface area (Å²) in [6.07, 6.45) is 0.106. The smallest absolute Gasteiger partial charge is 0.251 e. The van der Waals surface area contributed by atoms with E-state index >= 15 is 0 Å². The van der Waals surface area contributed by atoms with Crippen LogP contribution in [0.25, 0.3) is 0 Å². The zero-order valence-corrected chi connectivity index (χ0v) is 23.4.